The summed E-state index contributed by atoms with van der Waals surface area (Å²) < 4.78 is 23.6. The molecule has 2 N–H and O–H groups in total. The summed E-state index contributed by atoms with van der Waals surface area (Å²) in [5.41, 5.74) is 6.26. The lowest BCUT2D eigenvalue weighted by molar-refractivity contribution is 0.0523. The van der Waals surface area contributed by atoms with Gasteiger partial charge in [0.05, 0.1) is 11.6 Å². The SMILES string of the molecule is CCOC(=O)c1cc(N)ccc1Oc1ccc(F)c(Cl)c1. The minimum Gasteiger partial charge on any atom is -0.462 e. The number of nitrogens with two attached hydrogens (primary N) is 1. The minimum atomic E-state index is -0.549. The van der Waals surface area contributed by atoms with Crippen molar-refractivity contribution in [1.82, 2.24) is 0 Å². The molecular weight excluding hydrogens is 297 g/mol. The van der Waals surface area contributed by atoms with Crippen LogP contribution in [0, 0.1) is 5.82 Å². The summed E-state index contributed by atoms with van der Waals surface area (Å²) in [6.45, 7) is 1.93. The molecule has 0 aliphatic heterocycles. The van der Waals surface area contributed by atoms with Crippen LogP contribution in [-0.2, 0) is 4.74 Å². The van der Waals surface area contributed by atoms with Gasteiger partial charge in [-0.1, -0.05) is 11.6 Å². The molecule has 0 atom stereocenters. The van der Waals surface area contributed by atoms with Gasteiger partial charge in [-0.2, -0.15) is 0 Å². The van der Waals surface area contributed by atoms with Crippen molar-refractivity contribution >= 4 is 23.3 Å². The zero-order valence-corrected chi connectivity index (χ0v) is 12.0. The van der Waals surface area contributed by atoms with Crippen LogP contribution in [0.3, 0.4) is 0 Å². The highest BCUT2D eigenvalue weighted by Crippen LogP contribution is 2.30. The molecule has 2 aromatic carbocycles. The van der Waals surface area contributed by atoms with E-state index in [4.69, 9.17) is 26.8 Å². The van der Waals surface area contributed by atoms with E-state index in [2.05, 4.69) is 0 Å². The Morgan fingerprint density at radius 1 is 1.29 bits per heavy atom. The number of benzene rings is 2. The van der Waals surface area contributed by atoms with Crippen molar-refractivity contribution in [3.63, 3.8) is 0 Å². The lowest BCUT2D eigenvalue weighted by Crippen LogP contribution is -2.07. The Morgan fingerprint density at radius 2 is 2.05 bits per heavy atom. The van der Waals surface area contributed by atoms with E-state index in [0.717, 1.165) is 0 Å². The second-order valence-electron chi connectivity index (χ2n) is 4.15. The lowest BCUT2D eigenvalue weighted by atomic mass is 10.2. The molecule has 0 unspecified atom stereocenters. The molecule has 0 saturated carbocycles. The quantitative estimate of drug-likeness (QED) is 0.684. The normalized spacial score (nSPS) is 10.2. The van der Waals surface area contributed by atoms with E-state index in [1.165, 1.54) is 24.3 Å². The average Bonchev–Trinajstić information content (AvgIpc) is 2.45. The summed E-state index contributed by atoms with van der Waals surface area (Å²) in [5, 5.41) is -0.0689. The van der Waals surface area contributed by atoms with Crippen molar-refractivity contribution in [3.05, 3.63) is 52.8 Å². The van der Waals surface area contributed by atoms with Crippen LogP contribution in [0.4, 0.5) is 10.1 Å². The predicted octanol–water partition coefficient (Wildman–Crippen LogP) is 4.03. The zero-order chi connectivity index (χ0) is 15.4. The van der Waals surface area contributed by atoms with Gasteiger partial charge in [-0.25, -0.2) is 9.18 Å². The largest absolute Gasteiger partial charge is 0.462 e. The van der Waals surface area contributed by atoms with Crippen molar-refractivity contribution < 1.29 is 18.7 Å². The number of rotatable bonds is 4. The van der Waals surface area contributed by atoms with Crippen molar-refractivity contribution in [1.29, 1.82) is 0 Å². The molecule has 0 bridgehead atoms. The number of ether oxygens (including phenoxy) is 2. The summed E-state index contributed by atoms with van der Waals surface area (Å²) in [4.78, 5) is 11.9. The third-order valence-corrected chi connectivity index (χ3v) is 2.91. The van der Waals surface area contributed by atoms with E-state index >= 15 is 0 Å². The van der Waals surface area contributed by atoms with Crippen molar-refractivity contribution in [2.75, 3.05) is 12.3 Å². The van der Waals surface area contributed by atoms with E-state index in [1.54, 1.807) is 19.1 Å². The number of hydrogen-bond acceptors (Lipinski definition) is 4. The Balaban J connectivity index is 2.34. The predicted molar refractivity (Wildman–Crippen MR) is 78.3 cm³/mol. The summed E-state index contributed by atoms with van der Waals surface area (Å²) >= 11 is 5.69. The van der Waals surface area contributed by atoms with Gasteiger partial charge >= 0.3 is 5.97 Å². The standard InChI is InChI=1S/C15H13ClFNO3/c1-2-20-15(19)11-7-9(18)3-6-14(11)21-10-4-5-13(17)12(16)8-10/h3-8H,2,18H2,1H3. The number of carbonyl (C=O) groups excluding carboxylic acids is 1. The number of esters is 1. The summed E-state index contributed by atoms with van der Waals surface area (Å²) in [7, 11) is 0. The molecule has 0 spiro atoms. The van der Waals surface area contributed by atoms with Crippen molar-refractivity contribution in [3.8, 4) is 11.5 Å². The third kappa shape index (κ3) is 3.64. The minimum absolute atomic E-state index is 0.0689. The molecule has 2 rings (SSSR count). The Kier molecular flexibility index (Phi) is 4.65. The first-order valence-electron chi connectivity index (χ1n) is 6.20. The number of hydrogen-bond donors (Lipinski definition) is 1. The van der Waals surface area contributed by atoms with Crippen LogP contribution in [0.2, 0.25) is 5.02 Å². The topological polar surface area (TPSA) is 61.5 Å². The fraction of sp³-hybridized carbons (Fsp3) is 0.133. The van der Waals surface area contributed by atoms with Gasteiger partial charge in [0.2, 0.25) is 0 Å². The fourth-order valence-corrected chi connectivity index (χ4v) is 1.84. The smallest absolute Gasteiger partial charge is 0.342 e. The zero-order valence-electron chi connectivity index (χ0n) is 11.2. The van der Waals surface area contributed by atoms with Gasteiger partial charge in [0.25, 0.3) is 0 Å². The third-order valence-electron chi connectivity index (χ3n) is 2.62. The Labute approximate surface area is 126 Å². The number of carbonyl (C=O) groups is 1. The molecule has 0 saturated heterocycles. The lowest BCUT2D eigenvalue weighted by Gasteiger charge is -2.11. The highest BCUT2D eigenvalue weighted by atomic mass is 35.5. The highest BCUT2D eigenvalue weighted by molar-refractivity contribution is 6.30. The Bertz CT molecular complexity index is 676. The first kappa shape index (κ1) is 15.1. The van der Waals surface area contributed by atoms with Crippen LogP contribution >= 0.6 is 11.6 Å². The molecule has 0 aliphatic carbocycles. The maximum absolute atomic E-state index is 13.1. The molecule has 0 aliphatic rings. The van der Waals surface area contributed by atoms with Crippen LogP contribution in [0.5, 0.6) is 11.5 Å². The monoisotopic (exact) mass is 309 g/mol. The second kappa shape index (κ2) is 6.45. The number of anilines is 1. The first-order valence-corrected chi connectivity index (χ1v) is 6.58. The molecule has 0 radical (unpaired) electrons. The molecule has 0 amide bonds. The van der Waals surface area contributed by atoms with Gasteiger partial charge in [0.1, 0.15) is 22.9 Å². The molecular formula is C15H13ClFNO3. The average molecular weight is 310 g/mol. The van der Waals surface area contributed by atoms with Crippen LogP contribution in [0.15, 0.2) is 36.4 Å². The van der Waals surface area contributed by atoms with Gasteiger partial charge in [-0.05, 0) is 37.3 Å². The van der Waals surface area contributed by atoms with E-state index in [-0.39, 0.29) is 22.9 Å². The Morgan fingerprint density at radius 3 is 2.71 bits per heavy atom. The number of nitrogen functional groups attached to an aromatic ring is 1. The van der Waals surface area contributed by atoms with Gasteiger partial charge in [-0.3, -0.25) is 0 Å². The van der Waals surface area contributed by atoms with Crippen LogP contribution in [-0.4, -0.2) is 12.6 Å². The molecule has 110 valence electrons. The fourth-order valence-electron chi connectivity index (χ4n) is 1.67. The summed E-state index contributed by atoms with van der Waals surface area (Å²) in [6.07, 6.45) is 0. The van der Waals surface area contributed by atoms with Crippen molar-refractivity contribution in [2.45, 2.75) is 6.92 Å². The summed E-state index contributed by atoms with van der Waals surface area (Å²) in [5.74, 6) is -0.540. The number of halogens is 2. The van der Waals surface area contributed by atoms with Crippen LogP contribution in [0.1, 0.15) is 17.3 Å². The van der Waals surface area contributed by atoms with Crippen molar-refractivity contribution in [2.24, 2.45) is 0 Å². The highest BCUT2D eigenvalue weighted by Gasteiger charge is 2.15. The van der Waals surface area contributed by atoms with Gasteiger partial charge in [0, 0.05) is 11.8 Å². The Hall–Kier alpha value is -2.27. The molecule has 4 nitrogen and oxygen atoms in total. The van der Waals surface area contributed by atoms with Gasteiger partial charge < -0.3 is 15.2 Å². The van der Waals surface area contributed by atoms with E-state index in [0.29, 0.717) is 11.4 Å². The molecule has 0 heterocycles. The first-order chi connectivity index (χ1) is 10.0. The maximum Gasteiger partial charge on any atom is 0.342 e. The van der Waals surface area contributed by atoms with Gasteiger partial charge in [0.15, 0.2) is 0 Å². The van der Waals surface area contributed by atoms with E-state index < -0.39 is 11.8 Å². The summed E-state index contributed by atoms with van der Waals surface area (Å²) in [6, 6.07) is 8.49. The van der Waals surface area contributed by atoms with E-state index in [9.17, 15) is 9.18 Å². The van der Waals surface area contributed by atoms with Crippen LogP contribution in [0.25, 0.3) is 0 Å². The van der Waals surface area contributed by atoms with Crippen LogP contribution < -0.4 is 10.5 Å². The molecule has 2 aromatic rings. The maximum atomic E-state index is 13.1. The molecule has 0 aromatic heterocycles. The second-order valence-corrected chi connectivity index (χ2v) is 4.56. The molecule has 21 heavy (non-hydrogen) atoms. The molecule has 6 heteroatoms. The van der Waals surface area contributed by atoms with E-state index in [1.807, 2.05) is 0 Å². The molecule has 0 fully saturated rings. The van der Waals surface area contributed by atoms with Gasteiger partial charge in [-0.15, -0.1) is 0 Å².